The zero-order valence-corrected chi connectivity index (χ0v) is 19.9. The molecule has 2 heterocycles. The number of nitrogens with zero attached hydrogens (tertiary/aromatic N) is 2. The molecule has 0 unspecified atom stereocenters. The van der Waals surface area contributed by atoms with Crippen molar-refractivity contribution < 1.29 is 9.59 Å². The lowest BCUT2D eigenvalue weighted by Gasteiger charge is -2.56. The van der Waals surface area contributed by atoms with Crippen LogP contribution in [0.5, 0.6) is 0 Å². The van der Waals surface area contributed by atoms with Gasteiger partial charge >= 0.3 is 0 Å². The molecule has 0 radical (unpaired) electrons. The molecule has 4 aliphatic rings. The van der Waals surface area contributed by atoms with Gasteiger partial charge in [0.2, 0.25) is 0 Å². The third kappa shape index (κ3) is 5.94. The minimum absolute atomic E-state index is 0.226. The zero-order valence-electron chi connectivity index (χ0n) is 19.9. The molecule has 2 aliphatic carbocycles. The van der Waals surface area contributed by atoms with Crippen molar-refractivity contribution in [1.82, 2.24) is 9.80 Å². The molecule has 4 fully saturated rings. The minimum Gasteiger partial charge on any atom is -0.303 e. The normalized spacial score (nSPS) is 33.6. The van der Waals surface area contributed by atoms with Crippen LogP contribution in [0.4, 0.5) is 0 Å². The summed E-state index contributed by atoms with van der Waals surface area (Å²) in [6.45, 7) is 11.3. The van der Waals surface area contributed by atoms with Gasteiger partial charge in [-0.15, -0.1) is 0 Å². The molecule has 0 atom stereocenters. The topological polar surface area (TPSA) is 40.6 Å². The van der Waals surface area contributed by atoms with E-state index in [1.165, 1.54) is 96.8 Å². The summed E-state index contributed by atoms with van der Waals surface area (Å²) in [6.07, 6.45) is 16.4. The van der Waals surface area contributed by atoms with Crippen LogP contribution >= 0.6 is 0 Å². The Labute approximate surface area is 185 Å². The molecule has 2 saturated heterocycles. The maximum Gasteiger partial charge on any atom is 0.138 e. The number of carbonyl (C=O) groups is 2. The Hall–Kier alpha value is -0.740. The van der Waals surface area contributed by atoms with Crippen molar-refractivity contribution in [3.05, 3.63) is 0 Å². The number of aldehydes is 1. The molecule has 0 N–H and O–H groups in total. The predicted molar refractivity (Wildman–Crippen MR) is 124 cm³/mol. The highest BCUT2D eigenvalue weighted by molar-refractivity contribution is 5.82. The molecule has 0 aromatic heterocycles. The Kier molecular flexibility index (Phi) is 8.94. The molecule has 0 bridgehead atoms. The number of Topliss-reactive ketones (excluding diaryl/α,β-unsaturated/α-hetero) is 1. The SMILES string of the molecule is CC(C)C(=O)C1CCC2(CC1)CC(N1CCC(N3CCCCC3)CC1)C2.CCC=O. The van der Waals surface area contributed by atoms with Gasteiger partial charge in [-0.2, -0.15) is 0 Å². The Morgan fingerprint density at radius 2 is 1.43 bits per heavy atom. The Bertz CT molecular complexity index is 531. The van der Waals surface area contributed by atoms with Crippen molar-refractivity contribution in [2.75, 3.05) is 26.2 Å². The van der Waals surface area contributed by atoms with Crippen LogP contribution < -0.4 is 0 Å². The quantitative estimate of drug-likeness (QED) is 0.583. The monoisotopic (exact) mass is 418 g/mol. The van der Waals surface area contributed by atoms with Crippen LogP contribution in [0.15, 0.2) is 0 Å². The fourth-order valence-corrected chi connectivity index (χ4v) is 6.49. The van der Waals surface area contributed by atoms with E-state index >= 15 is 0 Å². The van der Waals surface area contributed by atoms with Crippen LogP contribution in [0.1, 0.15) is 97.8 Å². The lowest BCUT2D eigenvalue weighted by atomic mass is 9.56. The standard InChI is InChI=1S/C23H40N2O.C3H6O/c1-18(2)22(26)19-6-10-23(11-7-19)16-21(17-23)25-14-8-20(9-15-25)24-12-4-3-5-13-24;1-2-3-4/h18-21H,3-17H2,1-2H3;3H,2H2,1H3. The second-order valence-corrected chi connectivity index (χ2v) is 10.8. The average Bonchev–Trinajstić information content (AvgIpc) is 2.78. The van der Waals surface area contributed by atoms with Crippen molar-refractivity contribution >= 4 is 12.1 Å². The molecule has 0 amide bonds. The molecular formula is C26H46N2O2. The highest BCUT2D eigenvalue weighted by Crippen LogP contribution is 2.54. The number of rotatable bonds is 5. The van der Waals surface area contributed by atoms with E-state index in [2.05, 4.69) is 23.6 Å². The van der Waals surface area contributed by atoms with E-state index < -0.39 is 0 Å². The number of piperidine rings is 2. The second kappa shape index (κ2) is 11.2. The third-order valence-corrected chi connectivity index (χ3v) is 8.44. The molecule has 2 aliphatic heterocycles. The van der Waals surface area contributed by atoms with Gasteiger partial charge in [-0.25, -0.2) is 0 Å². The molecule has 4 rings (SSSR count). The van der Waals surface area contributed by atoms with Gasteiger partial charge in [0.1, 0.15) is 12.1 Å². The summed E-state index contributed by atoms with van der Waals surface area (Å²) in [7, 11) is 0. The molecule has 1 spiro atoms. The van der Waals surface area contributed by atoms with Crippen molar-refractivity contribution in [2.24, 2.45) is 17.3 Å². The molecular weight excluding hydrogens is 372 g/mol. The third-order valence-electron chi connectivity index (χ3n) is 8.44. The average molecular weight is 419 g/mol. The van der Waals surface area contributed by atoms with Crippen molar-refractivity contribution in [2.45, 2.75) is 110 Å². The fraction of sp³-hybridized carbons (Fsp3) is 0.923. The zero-order chi connectivity index (χ0) is 21.6. The lowest BCUT2D eigenvalue weighted by Crippen LogP contribution is -2.56. The van der Waals surface area contributed by atoms with Gasteiger partial charge in [-0.3, -0.25) is 4.79 Å². The summed E-state index contributed by atoms with van der Waals surface area (Å²) in [6, 6.07) is 1.73. The van der Waals surface area contributed by atoms with Crippen LogP contribution in [-0.2, 0) is 9.59 Å². The fourth-order valence-electron chi connectivity index (χ4n) is 6.49. The van der Waals surface area contributed by atoms with E-state index in [0.717, 1.165) is 18.4 Å². The van der Waals surface area contributed by atoms with Gasteiger partial charge in [0.15, 0.2) is 0 Å². The first kappa shape index (κ1) is 23.9. The van der Waals surface area contributed by atoms with Gasteiger partial charge in [0, 0.05) is 30.3 Å². The number of likely N-dealkylation sites (tertiary alicyclic amines) is 2. The molecule has 4 heteroatoms. The van der Waals surface area contributed by atoms with E-state index in [4.69, 9.17) is 0 Å². The maximum absolute atomic E-state index is 12.3. The summed E-state index contributed by atoms with van der Waals surface area (Å²) >= 11 is 0. The lowest BCUT2D eigenvalue weighted by molar-refractivity contribution is -0.129. The van der Waals surface area contributed by atoms with Crippen LogP contribution in [0, 0.1) is 17.3 Å². The molecule has 172 valence electrons. The molecule has 2 saturated carbocycles. The number of hydrogen-bond donors (Lipinski definition) is 0. The van der Waals surface area contributed by atoms with Crippen LogP contribution in [0.2, 0.25) is 0 Å². The highest BCUT2D eigenvalue weighted by atomic mass is 16.1. The van der Waals surface area contributed by atoms with Gasteiger partial charge in [-0.1, -0.05) is 27.2 Å². The Balaban J connectivity index is 0.000000589. The van der Waals surface area contributed by atoms with Crippen molar-refractivity contribution in [1.29, 1.82) is 0 Å². The first-order chi connectivity index (χ1) is 14.5. The largest absolute Gasteiger partial charge is 0.303 e. The summed E-state index contributed by atoms with van der Waals surface area (Å²) in [5.74, 6) is 1.12. The molecule has 0 aromatic carbocycles. The second-order valence-electron chi connectivity index (χ2n) is 10.8. The van der Waals surface area contributed by atoms with E-state index in [9.17, 15) is 9.59 Å². The number of carbonyl (C=O) groups excluding carboxylic acids is 2. The van der Waals surface area contributed by atoms with E-state index in [1.54, 1.807) is 0 Å². The van der Waals surface area contributed by atoms with Crippen molar-refractivity contribution in [3.8, 4) is 0 Å². The molecule has 0 aromatic rings. The van der Waals surface area contributed by atoms with E-state index in [-0.39, 0.29) is 5.92 Å². The smallest absolute Gasteiger partial charge is 0.138 e. The van der Waals surface area contributed by atoms with E-state index in [1.807, 2.05) is 6.92 Å². The summed E-state index contributed by atoms with van der Waals surface area (Å²) in [5, 5.41) is 0. The molecule has 4 nitrogen and oxygen atoms in total. The predicted octanol–water partition coefficient (Wildman–Crippen LogP) is 5.10. The van der Waals surface area contributed by atoms with E-state index in [0.29, 0.717) is 23.5 Å². The first-order valence-electron chi connectivity index (χ1n) is 12.9. The highest BCUT2D eigenvalue weighted by Gasteiger charge is 2.49. The van der Waals surface area contributed by atoms with Crippen molar-refractivity contribution in [3.63, 3.8) is 0 Å². The van der Waals surface area contributed by atoms with Crippen LogP contribution in [-0.4, -0.2) is 60.1 Å². The van der Waals surface area contributed by atoms with Crippen LogP contribution in [0.3, 0.4) is 0 Å². The minimum atomic E-state index is 0.226. The van der Waals surface area contributed by atoms with Gasteiger partial charge in [0.05, 0.1) is 0 Å². The summed E-state index contributed by atoms with van der Waals surface area (Å²) < 4.78 is 0. The first-order valence-corrected chi connectivity index (χ1v) is 12.9. The maximum atomic E-state index is 12.3. The van der Waals surface area contributed by atoms with Gasteiger partial charge < -0.3 is 14.6 Å². The Morgan fingerprint density at radius 3 is 1.93 bits per heavy atom. The number of hydrogen-bond acceptors (Lipinski definition) is 4. The summed E-state index contributed by atoms with van der Waals surface area (Å²) in [5.41, 5.74) is 0.613. The number of ketones is 1. The van der Waals surface area contributed by atoms with Crippen LogP contribution in [0.25, 0.3) is 0 Å². The Morgan fingerprint density at radius 1 is 0.900 bits per heavy atom. The molecule has 30 heavy (non-hydrogen) atoms. The van der Waals surface area contributed by atoms with Gasteiger partial charge in [0.25, 0.3) is 0 Å². The van der Waals surface area contributed by atoms with Gasteiger partial charge in [-0.05, 0) is 95.8 Å². The summed E-state index contributed by atoms with van der Waals surface area (Å²) in [4.78, 5) is 27.1.